The summed E-state index contributed by atoms with van der Waals surface area (Å²) < 4.78 is 1.56. The van der Waals surface area contributed by atoms with Gasteiger partial charge in [0.1, 0.15) is 5.82 Å². The molecule has 1 aliphatic heterocycles. The highest BCUT2D eigenvalue weighted by Gasteiger charge is 2.20. The molecule has 3 aromatic rings. The molecule has 35 heavy (non-hydrogen) atoms. The quantitative estimate of drug-likeness (QED) is 0.487. The highest BCUT2D eigenvalue weighted by molar-refractivity contribution is 6.32. The number of fused-ring (bicyclic) bond motifs is 1. The van der Waals surface area contributed by atoms with Gasteiger partial charge in [-0.15, -0.1) is 6.42 Å². The number of nitrogens with zero attached hydrogens (tertiary/aromatic N) is 4. The highest BCUT2D eigenvalue weighted by atomic mass is 35.5. The number of carboxylic acids is 1. The van der Waals surface area contributed by atoms with Gasteiger partial charge in [-0.3, -0.25) is 14.3 Å². The molecule has 0 spiro atoms. The van der Waals surface area contributed by atoms with Crippen molar-refractivity contribution in [1.82, 2.24) is 14.5 Å². The molecule has 0 atom stereocenters. The normalized spacial score (nSPS) is 14.7. The molecule has 8 nitrogen and oxygen atoms in total. The topological polar surface area (TPSA) is 98.9 Å². The standard InChI is InChI=1S/C26H27ClN4O4/c1-3-10-31(19-6-4-17(5-7-19)26(34)35)15-18-13-21-23(14-22(18)27)28-24(29(2)25(21)33)16-30-11-8-20(32)9-12-30/h1,4-7,13-14,20,32H,8-12,15-16H2,2H3,(H,34,35). The molecule has 1 fully saturated rings. The molecule has 2 heterocycles. The van der Waals surface area contributed by atoms with E-state index in [0.29, 0.717) is 53.2 Å². The second kappa shape index (κ2) is 10.5. The third kappa shape index (κ3) is 5.49. The zero-order chi connectivity index (χ0) is 25.1. The second-order valence-corrected chi connectivity index (χ2v) is 9.18. The SMILES string of the molecule is C#CCN(Cc1cc2c(=O)n(C)c(CN3CCC(O)CC3)nc2cc1Cl)c1ccc(C(=O)O)cc1. The van der Waals surface area contributed by atoms with Crippen LogP contribution >= 0.6 is 11.6 Å². The van der Waals surface area contributed by atoms with Gasteiger partial charge in [0.2, 0.25) is 0 Å². The van der Waals surface area contributed by atoms with Gasteiger partial charge >= 0.3 is 5.97 Å². The van der Waals surface area contributed by atoms with E-state index in [4.69, 9.17) is 28.1 Å². The number of benzene rings is 2. The molecule has 182 valence electrons. The average molecular weight is 495 g/mol. The molecule has 9 heteroatoms. The van der Waals surface area contributed by atoms with E-state index in [2.05, 4.69) is 10.8 Å². The molecular formula is C26H27ClN4O4. The monoisotopic (exact) mass is 494 g/mol. The summed E-state index contributed by atoms with van der Waals surface area (Å²) >= 11 is 6.61. The summed E-state index contributed by atoms with van der Waals surface area (Å²) in [5, 5.41) is 19.8. The number of rotatable bonds is 7. The lowest BCUT2D eigenvalue weighted by atomic mass is 10.1. The number of carboxylic acid groups (broad SMARTS) is 1. The van der Waals surface area contributed by atoms with Gasteiger partial charge in [-0.2, -0.15) is 0 Å². The first-order valence-electron chi connectivity index (χ1n) is 11.4. The Balaban J connectivity index is 1.63. The lowest BCUT2D eigenvalue weighted by molar-refractivity contribution is 0.0696. The molecule has 0 aliphatic carbocycles. The fraction of sp³-hybridized carbons (Fsp3) is 0.346. The number of carbonyl (C=O) groups is 1. The minimum Gasteiger partial charge on any atom is -0.478 e. The Bertz CT molecular complexity index is 1340. The van der Waals surface area contributed by atoms with Gasteiger partial charge in [-0.05, 0) is 54.8 Å². The largest absolute Gasteiger partial charge is 0.478 e. The average Bonchev–Trinajstić information content (AvgIpc) is 2.84. The van der Waals surface area contributed by atoms with E-state index < -0.39 is 5.97 Å². The summed E-state index contributed by atoms with van der Waals surface area (Å²) in [5.74, 6) is 2.26. The number of aromatic nitrogens is 2. The predicted octanol–water partition coefficient (Wildman–Crippen LogP) is 2.88. The number of terminal acetylenes is 1. The fourth-order valence-corrected chi connectivity index (χ4v) is 4.51. The number of piperidine rings is 1. The number of anilines is 1. The lowest BCUT2D eigenvalue weighted by Gasteiger charge is -2.29. The van der Waals surface area contributed by atoms with Crippen molar-refractivity contribution in [3.05, 3.63) is 68.7 Å². The van der Waals surface area contributed by atoms with Crippen LogP contribution < -0.4 is 10.5 Å². The Morgan fingerprint density at radius 3 is 2.57 bits per heavy atom. The van der Waals surface area contributed by atoms with Crippen LogP contribution in [0.1, 0.15) is 34.6 Å². The number of halogens is 1. The summed E-state index contributed by atoms with van der Waals surface area (Å²) in [7, 11) is 1.71. The van der Waals surface area contributed by atoms with Crippen LogP contribution in [0.3, 0.4) is 0 Å². The molecule has 2 aromatic carbocycles. The van der Waals surface area contributed by atoms with Crippen molar-refractivity contribution < 1.29 is 15.0 Å². The highest BCUT2D eigenvalue weighted by Crippen LogP contribution is 2.26. The van der Waals surface area contributed by atoms with Crippen LogP contribution in [-0.4, -0.2) is 56.4 Å². The van der Waals surface area contributed by atoms with Gasteiger partial charge in [-0.1, -0.05) is 17.5 Å². The van der Waals surface area contributed by atoms with E-state index in [1.165, 1.54) is 12.1 Å². The zero-order valence-corrected chi connectivity index (χ0v) is 20.2. The number of aliphatic hydroxyl groups is 1. The molecule has 0 unspecified atom stereocenters. The predicted molar refractivity (Wildman–Crippen MR) is 136 cm³/mol. The molecule has 0 radical (unpaired) electrons. The van der Waals surface area contributed by atoms with Gasteiger partial charge < -0.3 is 15.1 Å². The van der Waals surface area contributed by atoms with Crippen molar-refractivity contribution in [2.75, 3.05) is 24.5 Å². The Kier molecular flexibility index (Phi) is 7.41. The van der Waals surface area contributed by atoms with Gasteiger partial charge in [0.15, 0.2) is 0 Å². The van der Waals surface area contributed by atoms with E-state index in [0.717, 1.165) is 18.8 Å². The minimum atomic E-state index is -1.00. The van der Waals surface area contributed by atoms with Crippen LogP contribution in [0.5, 0.6) is 0 Å². The Hall–Kier alpha value is -3.38. The third-order valence-corrected chi connectivity index (χ3v) is 6.73. The first kappa shape index (κ1) is 24.7. The van der Waals surface area contributed by atoms with Gasteiger partial charge in [0.25, 0.3) is 5.56 Å². The van der Waals surface area contributed by atoms with Crippen molar-refractivity contribution in [3.8, 4) is 12.3 Å². The van der Waals surface area contributed by atoms with Crippen molar-refractivity contribution in [3.63, 3.8) is 0 Å². The molecule has 0 saturated carbocycles. The van der Waals surface area contributed by atoms with E-state index in [9.17, 15) is 14.7 Å². The van der Waals surface area contributed by atoms with Crippen molar-refractivity contribution in [2.24, 2.45) is 7.05 Å². The summed E-state index contributed by atoms with van der Waals surface area (Å²) in [4.78, 5) is 33.2. The van der Waals surface area contributed by atoms with Crippen molar-refractivity contribution in [1.29, 1.82) is 0 Å². The molecule has 0 amide bonds. The van der Waals surface area contributed by atoms with Crippen LogP contribution in [0.25, 0.3) is 10.9 Å². The lowest BCUT2D eigenvalue weighted by Crippen LogP contribution is -2.37. The van der Waals surface area contributed by atoms with Crippen molar-refractivity contribution in [2.45, 2.75) is 32.0 Å². The third-order valence-electron chi connectivity index (χ3n) is 6.38. The maximum atomic E-state index is 13.2. The van der Waals surface area contributed by atoms with Gasteiger partial charge in [-0.25, -0.2) is 9.78 Å². The van der Waals surface area contributed by atoms with E-state index in [-0.39, 0.29) is 23.8 Å². The molecule has 1 aliphatic rings. The van der Waals surface area contributed by atoms with Crippen molar-refractivity contribution >= 4 is 34.2 Å². The number of aliphatic hydroxyl groups excluding tert-OH is 1. The van der Waals surface area contributed by atoms with E-state index in [1.54, 1.807) is 35.9 Å². The smallest absolute Gasteiger partial charge is 0.335 e. The van der Waals surface area contributed by atoms with Crippen LogP contribution in [0.15, 0.2) is 41.2 Å². The second-order valence-electron chi connectivity index (χ2n) is 8.77. The Morgan fingerprint density at radius 1 is 1.26 bits per heavy atom. The Labute approximate surface area is 208 Å². The summed E-state index contributed by atoms with van der Waals surface area (Å²) in [6.45, 7) is 2.66. The maximum Gasteiger partial charge on any atom is 0.335 e. The molecule has 2 N–H and O–H groups in total. The van der Waals surface area contributed by atoms with Crippen LogP contribution in [-0.2, 0) is 20.1 Å². The van der Waals surface area contributed by atoms with E-state index >= 15 is 0 Å². The first-order chi connectivity index (χ1) is 16.8. The van der Waals surface area contributed by atoms with E-state index in [1.807, 2.05) is 4.90 Å². The number of hydrogen-bond acceptors (Lipinski definition) is 6. The van der Waals surface area contributed by atoms with Crippen LogP contribution in [0.2, 0.25) is 5.02 Å². The summed E-state index contributed by atoms with van der Waals surface area (Å²) in [6, 6.07) is 9.90. The molecule has 1 saturated heterocycles. The fourth-order valence-electron chi connectivity index (χ4n) is 4.29. The zero-order valence-electron chi connectivity index (χ0n) is 19.4. The molecule has 4 rings (SSSR count). The van der Waals surface area contributed by atoms with Gasteiger partial charge in [0, 0.05) is 37.4 Å². The maximum absolute atomic E-state index is 13.2. The van der Waals surface area contributed by atoms with Crippen LogP contribution in [0, 0.1) is 12.3 Å². The number of aromatic carboxylic acids is 1. The minimum absolute atomic E-state index is 0.158. The molecular weight excluding hydrogens is 468 g/mol. The number of likely N-dealkylation sites (tertiary alicyclic amines) is 1. The Morgan fingerprint density at radius 2 is 1.94 bits per heavy atom. The van der Waals surface area contributed by atoms with Crippen LogP contribution in [0.4, 0.5) is 5.69 Å². The summed E-state index contributed by atoms with van der Waals surface area (Å²) in [5.41, 5.74) is 2.02. The number of hydrogen-bond donors (Lipinski definition) is 2. The first-order valence-corrected chi connectivity index (χ1v) is 11.7. The molecule has 1 aromatic heterocycles. The summed E-state index contributed by atoms with van der Waals surface area (Å²) in [6.07, 6.45) is 6.73. The van der Waals surface area contributed by atoms with Gasteiger partial charge in [0.05, 0.1) is 35.7 Å². The molecule has 0 bridgehead atoms.